The molecule has 0 saturated carbocycles. The van der Waals surface area contributed by atoms with Gasteiger partial charge in [0.05, 0.1) is 5.56 Å². The zero-order valence-corrected chi connectivity index (χ0v) is 13.2. The molecule has 1 aliphatic heterocycles. The third-order valence-electron chi connectivity index (χ3n) is 3.81. The first-order chi connectivity index (χ1) is 10.6. The van der Waals surface area contributed by atoms with Crippen LogP contribution in [0.25, 0.3) is 0 Å². The maximum Gasteiger partial charge on any atom is 0.223 e. The summed E-state index contributed by atoms with van der Waals surface area (Å²) in [5.74, 6) is 1.30. The molecule has 6 nitrogen and oxygen atoms in total. The van der Waals surface area contributed by atoms with Gasteiger partial charge in [0.15, 0.2) is 0 Å². The molecule has 22 heavy (non-hydrogen) atoms. The molecule has 1 aliphatic rings. The Morgan fingerprint density at radius 2 is 2.14 bits per heavy atom. The number of anilines is 1. The summed E-state index contributed by atoms with van der Waals surface area (Å²) in [4.78, 5) is 20.6. The summed E-state index contributed by atoms with van der Waals surface area (Å²) < 4.78 is 5.08. The van der Waals surface area contributed by atoms with E-state index in [2.05, 4.69) is 16.0 Å². The van der Waals surface area contributed by atoms with E-state index in [1.165, 1.54) is 0 Å². The molecule has 0 spiro atoms. The molecule has 2 rings (SSSR count). The van der Waals surface area contributed by atoms with Crippen LogP contribution in [-0.2, 0) is 9.53 Å². The van der Waals surface area contributed by atoms with Crippen molar-refractivity contribution in [2.75, 3.05) is 44.8 Å². The van der Waals surface area contributed by atoms with Crippen LogP contribution in [0.15, 0.2) is 18.3 Å². The Morgan fingerprint density at radius 3 is 2.68 bits per heavy atom. The highest BCUT2D eigenvalue weighted by atomic mass is 16.5. The van der Waals surface area contributed by atoms with Gasteiger partial charge in [-0.05, 0) is 18.1 Å². The van der Waals surface area contributed by atoms with Gasteiger partial charge in [-0.15, -0.1) is 0 Å². The third-order valence-corrected chi connectivity index (χ3v) is 3.81. The Labute approximate surface area is 131 Å². The van der Waals surface area contributed by atoms with Gasteiger partial charge in [0.25, 0.3) is 0 Å². The zero-order chi connectivity index (χ0) is 15.9. The molecule has 0 N–H and O–H groups in total. The fourth-order valence-corrected chi connectivity index (χ4v) is 2.59. The lowest BCUT2D eigenvalue weighted by Crippen LogP contribution is -2.49. The molecule has 1 saturated heterocycles. The molecule has 1 aromatic rings. The maximum atomic E-state index is 12.2. The van der Waals surface area contributed by atoms with Crippen LogP contribution >= 0.6 is 0 Å². The summed E-state index contributed by atoms with van der Waals surface area (Å²) in [6, 6.07) is 5.69. The van der Waals surface area contributed by atoms with E-state index in [9.17, 15) is 4.79 Å². The van der Waals surface area contributed by atoms with Crippen molar-refractivity contribution in [3.63, 3.8) is 0 Å². The van der Waals surface area contributed by atoms with Gasteiger partial charge in [0.1, 0.15) is 11.9 Å². The normalized spacial score (nSPS) is 16.2. The van der Waals surface area contributed by atoms with Gasteiger partial charge in [0, 0.05) is 52.5 Å². The molecule has 1 atom stereocenters. The number of carbonyl (C=O) groups is 1. The van der Waals surface area contributed by atoms with Crippen LogP contribution in [0.5, 0.6) is 0 Å². The van der Waals surface area contributed by atoms with Gasteiger partial charge in [-0.3, -0.25) is 4.79 Å². The molecule has 1 amide bonds. The van der Waals surface area contributed by atoms with Gasteiger partial charge in [-0.25, -0.2) is 4.98 Å². The van der Waals surface area contributed by atoms with E-state index in [0.29, 0.717) is 31.7 Å². The second-order valence-electron chi connectivity index (χ2n) is 5.65. The third kappa shape index (κ3) is 4.18. The van der Waals surface area contributed by atoms with E-state index in [0.717, 1.165) is 18.9 Å². The summed E-state index contributed by atoms with van der Waals surface area (Å²) in [6.45, 7) is 5.59. The lowest BCUT2D eigenvalue weighted by atomic mass is 10.1. The molecule has 2 heterocycles. The first-order valence-corrected chi connectivity index (χ1v) is 7.52. The number of piperazine rings is 1. The molecule has 1 unspecified atom stereocenters. The maximum absolute atomic E-state index is 12.2. The number of methoxy groups -OCH3 is 1. The van der Waals surface area contributed by atoms with Crippen LogP contribution < -0.4 is 4.90 Å². The first-order valence-electron chi connectivity index (χ1n) is 7.52. The summed E-state index contributed by atoms with van der Waals surface area (Å²) in [7, 11) is 1.66. The van der Waals surface area contributed by atoms with E-state index in [1.807, 2.05) is 17.9 Å². The lowest BCUT2D eigenvalue weighted by Gasteiger charge is -2.35. The molecule has 118 valence electrons. The van der Waals surface area contributed by atoms with Crippen LogP contribution in [0, 0.1) is 17.2 Å². The predicted molar refractivity (Wildman–Crippen MR) is 83.4 cm³/mol. The SMILES string of the molecule is COCC(C)CC(=O)N1CCN(c2ccc(C#N)cn2)CC1. The van der Waals surface area contributed by atoms with E-state index < -0.39 is 0 Å². The van der Waals surface area contributed by atoms with Crippen LogP contribution in [0.2, 0.25) is 0 Å². The van der Waals surface area contributed by atoms with Crippen molar-refractivity contribution in [2.45, 2.75) is 13.3 Å². The summed E-state index contributed by atoms with van der Waals surface area (Å²) >= 11 is 0. The van der Waals surface area contributed by atoms with Gasteiger partial charge in [-0.2, -0.15) is 5.26 Å². The molecule has 0 bridgehead atoms. The minimum absolute atomic E-state index is 0.192. The van der Waals surface area contributed by atoms with Crippen molar-refractivity contribution < 1.29 is 9.53 Å². The van der Waals surface area contributed by atoms with Crippen molar-refractivity contribution in [3.05, 3.63) is 23.9 Å². The van der Waals surface area contributed by atoms with Gasteiger partial charge >= 0.3 is 0 Å². The number of nitriles is 1. The molecular weight excluding hydrogens is 280 g/mol. The molecular formula is C16H22N4O2. The number of pyridine rings is 1. The average molecular weight is 302 g/mol. The highest BCUT2D eigenvalue weighted by molar-refractivity contribution is 5.76. The second kappa shape index (κ2) is 7.76. The Hall–Kier alpha value is -2.13. The number of amides is 1. The number of aromatic nitrogens is 1. The lowest BCUT2D eigenvalue weighted by molar-refractivity contribution is -0.132. The number of nitrogens with zero attached hydrogens (tertiary/aromatic N) is 4. The van der Waals surface area contributed by atoms with Crippen LogP contribution in [-0.4, -0.2) is 55.7 Å². The van der Waals surface area contributed by atoms with Crippen molar-refractivity contribution in [2.24, 2.45) is 5.92 Å². The van der Waals surface area contributed by atoms with E-state index in [1.54, 1.807) is 19.4 Å². The Bertz CT molecular complexity index is 530. The fourth-order valence-electron chi connectivity index (χ4n) is 2.59. The largest absolute Gasteiger partial charge is 0.384 e. The molecule has 0 radical (unpaired) electrons. The summed E-state index contributed by atoms with van der Waals surface area (Å²) in [6.07, 6.45) is 2.11. The molecule has 1 fully saturated rings. The number of carbonyl (C=O) groups excluding carboxylic acids is 1. The van der Waals surface area contributed by atoms with Crippen molar-refractivity contribution in [3.8, 4) is 6.07 Å². The van der Waals surface area contributed by atoms with E-state index >= 15 is 0 Å². The quantitative estimate of drug-likeness (QED) is 0.819. The number of hydrogen-bond donors (Lipinski definition) is 0. The van der Waals surface area contributed by atoms with Crippen molar-refractivity contribution >= 4 is 11.7 Å². The topological polar surface area (TPSA) is 69.5 Å². The Morgan fingerprint density at radius 1 is 1.41 bits per heavy atom. The fraction of sp³-hybridized carbons (Fsp3) is 0.562. The smallest absolute Gasteiger partial charge is 0.223 e. The number of rotatable bonds is 5. The van der Waals surface area contributed by atoms with E-state index in [-0.39, 0.29) is 11.8 Å². The van der Waals surface area contributed by atoms with Gasteiger partial charge < -0.3 is 14.5 Å². The minimum atomic E-state index is 0.192. The van der Waals surface area contributed by atoms with Gasteiger partial charge in [0.2, 0.25) is 5.91 Å². The highest BCUT2D eigenvalue weighted by Gasteiger charge is 2.22. The minimum Gasteiger partial charge on any atom is -0.384 e. The average Bonchev–Trinajstić information content (AvgIpc) is 2.55. The summed E-state index contributed by atoms with van der Waals surface area (Å²) in [5, 5.41) is 8.79. The highest BCUT2D eigenvalue weighted by Crippen LogP contribution is 2.15. The standard InChI is InChI=1S/C16H22N4O2/c1-13(12-22-2)9-16(21)20-7-5-19(6-8-20)15-4-3-14(10-17)11-18-15/h3-4,11,13H,5-9,12H2,1-2H3. The number of hydrogen-bond acceptors (Lipinski definition) is 5. The predicted octanol–water partition coefficient (Wildman–Crippen LogP) is 1.27. The Kier molecular flexibility index (Phi) is 5.73. The van der Waals surface area contributed by atoms with Gasteiger partial charge in [-0.1, -0.05) is 6.92 Å². The molecule has 0 aliphatic carbocycles. The van der Waals surface area contributed by atoms with Crippen molar-refractivity contribution in [1.82, 2.24) is 9.88 Å². The summed E-state index contributed by atoms with van der Waals surface area (Å²) in [5.41, 5.74) is 0.560. The first kappa shape index (κ1) is 16.2. The van der Waals surface area contributed by atoms with Crippen LogP contribution in [0.1, 0.15) is 18.9 Å². The van der Waals surface area contributed by atoms with Crippen LogP contribution in [0.3, 0.4) is 0 Å². The molecule has 6 heteroatoms. The zero-order valence-electron chi connectivity index (χ0n) is 13.2. The molecule has 1 aromatic heterocycles. The Balaban J connectivity index is 1.84. The van der Waals surface area contributed by atoms with E-state index in [4.69, 9.17) is 10.00 Å². The monoisotopic (exact) mass is 302 g/mol. The number of ether oxygens (including phenoxy) is 1. The van der Waals surface area contributed by atoms with Crippen molar-refractivity contribution in [1.29, 1.82) is 5.26 Å². The molecule has 0 aromatic carbocycles. The second-order valence-corrected chi connectivity index (χ2v) is 5.65. The van der Waals surface area contributed by atoms with Crippen LogP contribution in [0.4, 0.5) is 5.82 Å².